The van der Waals surface area contributed by atoms with Gasteiger partial charge in [0.2, 0.25) is 0 Å². The molecule has 0 radical (unpaired) electrons. The lowest BCUT2D eigenvalue weighted by Gasteiger charge is -2.17. The largest absolute Gasteiger partial charge is 0.337 e. The van der Waals surface area contributed by atoms with E-state index in [9.17, 15) is 14.9 Å². The number of carbonyl (C=O) groups is 1. The molecule has 2 atom stereocenters. The van der Waals surface area contributed by atoms with Gasteiger partial charge in [-0.15, -0.1) is 0 Å². The SMILES string of the molecule is CC1CN(C(=O)c2cc([N+](=O)[O-])cc(Cl)c2Cl)CC1N. The lowest BCUT2D eigenvalue weighted by molar-refractivity contribution is -0.384. The van der Waals surface area contributed by atoms with E-state index in [1.165, 1.54) is 4.90 Å². The molecule has 1 aromatic rings. The van der Waals surface area contributed by atoms with E-state index in [0.29, 0.717) is 13.1 Å². The number of hydrogen-bond acceptors (Lipinski definition) is 4. The maximum absolute atomic E-state index is 12.4. The van der Waals surface area contributed by atoms with E-state index in [4.69, 9.17) is 28.9 Å². The highest BCUT2D eigenvalue weighted by molar-refractivity contribution is 6.44. The Morgan fingerprint density at radius 1 is 1.45 bits per heavy atom. The maximum atomic E-state index is 12.4. The summed E-state index contributed by atoms with van der Waals surface area (Å²) in [4.78, 5) is 24.1. The molecular weight excluding hydrogens is 305 g/mol. The van der Waals surface area contributed by atoms with E-state index >= 15 is 0 Å². The molecule has 6 nitrogen and oxygen atoms in total. The Morgan fingerprint density at radius 2 is 2.10 bits per heavy atom. The van der Waals surface area contributed by atoms with Crippen LogP contribution in [0.4, 0.5) is 5.69 Å². The number of rotatable bonds is 2. The van der Waals surface area contributed by atoms with Crippen molar-refractivity contribution in [2.75, 3.05) is 13.1 Å². The second-order valence-corrected chi connectivity index (χ2v) is 5.68. The Hall–Kier alpha value is -1.37. The van der Waals surface area contributed by atoms with Gasteiger partial charge in [0.1, 0.15) is 0 Å². The lowest BCUT2D eigenvalue weighted by atomic mass is 10.1. The molecule has 1 heterocycles. The maximum Gasteiger partial charge on any atom is 0.271 e. The molecule has 1 aliphatic rings. The van der Waals surface area contributed by atoms with Crippen molar-refractivity contribution in [3.8, 4) is 0 Å². The number of nitro benzene ring substituents is 1. The number of benzene rings is 1. The van der Waals surface area contributed by atoms with Crippen LogP contribution in [-0.2, 0) is 0 Å². The fraction of sp³-hybridized carbons (Fsp3) is 0.417. The molecule has 1 amide bonds. The summed E-state index contributed by atoms with van der Waals surface area (Å²) >= 11 is 11.8. The minimum Gasteiger partial charge on any atom is -0.337 e. The first-order chi connectivity index (χ1) is 9.31. The van der Waals surface area contributed by atoms with E-state index in [2.05, 4.69) is 0 Å². The zero-order valence-corrected chi connectivity index (χ0v) is 12.2. The molecule has 2 rings (SSSR count). The van der Waals surface area contributed by atoms with Gasteiger partial charge in [0.25, 0.3) is 11.6 Å². The van der Waals surface area contributed by atoms with Gasteiger partial charge in [-0.05, 0) is 5.92 Å². The van der Waals surface area contributed by atoms with Crippen molar-refractivity contribution >= 4 is 34.8 Å². The average Bonchev–Trinajstić information content (AvgIpc) is 2.71. The first-order valence-corrected chi connectivity index (χ1v) is 6.75. The molecule has 1 aromatic carbocycles. The van der Waals surface area contributed by atoms with Gasteiger partial charge < -0.3 is 10.6 Å². The number of amides is 1. The average molecular weight is 318 g/mol. The van der Waals surface area contributed by atoms with E-state index in [1.54, 1.807) is 0 Å². The number of carbonyl (C=O) groups excluding carboxylic acids is 1. The third-order valence-corrected chi connectivity index (χ3v) is 4.21. The Morgan fingerprint density at radius 3 is 2.60 bits per heavy atom. The monoisotopic (exact) mass is 317 g/mol. The Labute approximate surface area is 125 Å². The van der Waals surface area contributed by atoms with Gasteiger partial charge in [-0.1, -0.05) is 30.1 Å². The minimum atomic E-state index is -0.614. The number of nitrogens with zero attached hydrogens (tertiary/aromatic N) is 2. The summed E-state index contributed by atoms with van der Waals surface area (Å²) in [6.07, 6.45) is 0. The van der Waals surface area contributed by atoms with E-state index in [-0.39, 0.29) is 39.2 Å². The molecule has 0 aromatic heterocycles. The van der Waals surface area contributed by atoms with E-state index < -0.39 is 4.92 Å². The minimum absolute atomic E-state index is 0.0132. The van der Waals surface area contributed by atoms with Crippen LogP contribution in [0.2, 0.25) is 10.0 Å². The van der Waals surface area contributed by atoms with Crippen LogP contribution in [0.25, 0.3) is 0 Å². The molecule has 2 N–H and O–H groups in total. The number of non-ortho nitro benzene ring substituents is 1. The van der Waals surface area contributed by atoms with Crippen LogP contribution in [-0.4, -0.2) is 34.9 Å². The van der Waals surface area contributed by atoms with E-state index in [1.807, 2.05) is 6.92 Å². The van der Waals surface area contributed by atoms with Crippen LogP contribution >= 0.6 is 23.2 Å². The third-order valence-electron chi connectivity index (χ3n) is 3.41. The van der Waals surface area contributed by atoms with Crippen molar-refractivity contribution in [2.45, 2.75) is 13.0 Å². The van der Waals surface area contributed by atoms with Crippen LogP contribution in [0.5, 0.6) is 0 Å². The van der Waals surface area contributed by atoms with Crippen LogP contribution in [0.15, 0.2) is 12.1 Å². The summed E-state index contributed by atoms with van der Waals surface area (Å²) in [5.74, 6) is -0.215. The van der Waals surface area contributed by atoms with Crippen LogP contribution in [0, 0.1) is 16.0 Å². The molecule has 108 valence electrons. The summed E-state index contributed by atoms with van der Waals surface area (Å²) in [6.45, 7) is 2.84. The van der Waals surface area contributed by atoms with Gasteiger partial charge in [-0.25, -0.2) is 0 Å². The van der Waals surface area contributed by atoms with Gasteiger partial charge in [-0.2, -0.15) is 0 Å². The summed E-state index contributed by atoms with van der Waals surface area (Å²) in [7, 11) is 0. The Bertz CT molecular complexity index is 569. The van der Waals surface area contributed by atoms with Gasteiger partial charge in [-0.3, -0.25) is 14.9 Å². The van der Waals surface area contributed by atoms with Crippen LogP contribution < -0.4 is 5.73 Å². The highest BCUT2D eigenvalue weighted by Crippen LogP contribution is 2.32. The number of likely N-dealkylation sites (tertiary alicyclic amines) is 1. The highest BCUT2D eigenvalue weighted by Gasteiger charge is 2.32. The Balaban J connectivity index is 2.37. The fourth-order valence-corrected chi connectivity index (χ4v) is 2.57. The van der Waals surface area contributed by atoms with E-state index in [0.717, 1.165) is 12.1 Å². The van der Waals surface area contributed by atoms with Crippen molar-refractivity contribution in [3.63, 3.8) is 0 Å². The van der Waals surface area contributed by atoms with Crippen molar-refractivity contribution < 1.29 is 9.72 Å². The lowest BCUT2D eigenvalue weighted by Crippen LogP contribution is -2.32. The highest BCUT2D eigenvalue weighted by atomic mass is 35.5. The second-order valence-electron chi connectivity index (χ2n) is 4.90. The number of hydrogen-bond donors (Lipinski definition) is 1. The molecular formula is C12H13Cl2N3O3. The molecule has 20 heavy (non-hydrogen) atoms. The number of nitro groups is 1. The fourth-order valence-electron chi connectivity index (χ4n) is 2.16. The predicted octanol–water partition coefficient (Wildman–Crippen LogP) is 2.32. The zero-order chi connectivity index (χ0) is 15.0. The summed E-state index contributed by atoms with van der Waals surface area (Å²) < 4.78 is 0. The number of nitrogens with two attached hydrogens (primary N) is 1. The molecule has 0 aliphatic carbocycles. The zero-order valence-electron chi connectivity index (χ0n) is 10.7. The molecule has 0 spiro atoms. The molecule has 8 heteroatoms. The first-order valence-electron chi connectivity index (χ1n) is 5.99. The molecule has 0 saturated carbocycles. The summed E-state index contributed by atoms with van der Waals surface area (Å²) in [5, 5.41) is 10.8. The normalized spacial score (nSPS) is 22.1. The molecule has 2 unspecified atom stereocenters. The van der Waals surface area contributed by atoms with Gasteiger partial charge in [0.05, 0.1) is 20.5 Å². The van der Waals surface area contributed by atoms with Crippen molar-refractivity contribution in [2.24, 2.45) is 11.7 Å². The molecule has 1 aliphatic heterocycles. The molecule has 0 bridgehead atoms. The summed E-state index contributed by atoms with van der Waals surface area (Å²) in [5.41, 5.74) is 5.64. The third kappa shape index (κ3) is 2.72. The van der Waals surface area contributed by atoms with Crippen molar-refractivity contribution in [1.29, 1.82) is 0 Å². The first kappa shape index (κ1) is 15.0. The number of halogens is 2. The Kier molecular flexibility index (Phi) is 4.17. The van der Waals surface area contributed by atoms with Crippen LogP contribution in [0.3, 0.4) is 0 Å². The van der Waals surface area contributed by atoms with Crippen molar-refractivity contribution in [1.82, 2.24) is 4.90 Å². The van der Waals surface area contributed by atoms with Gasteiger partial charge in [0.15, 0.2) is 0 Å². The molecule has 1 fully saturated rings. The predicted molar refractivity (Wildman–Crippen MR) is 76.2 cm³/mol. The smallest absolute Gasteiger partial charge is 0.271 e. The van der Waals surface area contributed by atoms with Gasteiger partial charge in [0, 0.05) is 31.3 Å². The van der Waals surface area contributed by atoms with Gasteiger partial charge >= 0.3 is 0 Å². The van der Waals surface area contributed by atoms with Crippen molar-refractivity contribution in [3.05, 3.63) is 37.9 Å². The summed E-state index contributed by atoms with van der Waals surface area (Å²) in [6, 6.07) is 2.16. The quantitative estimate of drug-likeness (QED) is 0.669. The standard InChI is InChI=1S/C12H13Cl2N3O3/c1-6-4-16(5-10(6)15)12(18)8-2-7(17(19)20)3-9(13)11(8)14/h2-3,6,10H,4-5,15H2,1H3. The topological polar surface area (TPSA) is 89.5 Å². The second kappa shape index (κ2) is 5.55. The molecule has 1 saturated heterocycles. The van der Waals surface area contributed by atoms with Crippen LogP contribution in [0.1, 0.15) is 17.3 Å².